The van der Waals surface area contributed by atoms with E-state index >= 15 is 0 Å². The summed E-state index contributed by atoms with van der Waals surface area (Å²) >= 11 is 0. The molecule has 0 atom stereocenters. The van der Waals surface area contributed by atoms with Crippen LogP contribution in [0.25, 0.3) is 0 Å². The molecule has 0 aliphatic heterocycles. The highest BCUT2D eigenvalue weighted by Gasteiger charge is 2.18. The van der Waals surface area contributed by atoms with Crippen molar-refractivity contribution in [2.75, 3.05) is 13.7 Å². The van der Waals surface area contributed by atoms with E-state index in [0.29, 0.717) is 25.1 Å². The van der Waals surface area contributed by atoms with Crippen molar-refractivity contribution in [1.29, 1.82) is 0 Å². The van der Waals surface area contributed by atoms with Crippen molar-refractivity contribution < 1.29 is 14.3 Å². The molecule has 0 radical (unpaired) electrons. The van der Waals surface area contributed by atoms with Crippen LogP contribution in [-0.4, -0.2) is 30.4 Å². The lowest BCUT2D eigenvalue weighted by Gasteiger charge is -2.23. The summed E-state index contributed by atoms with van der Waals surface area (Å²) in [5.74, 6) is -0.509. The third kappa shape index (κ3) is 6.57. The van der Waals surface area contributed by atoms with E-state index in [9.17, 15) is 9.59 Å². The minimum atomic E-state index is -0.345. The van der Waals surface area contributed by atoms with Gasteiger partial charge in [0.05, 0.1) is 7.11 Å². The summed E-state index contributed by atoms with van der Waals surface area (Å²) in [7, 11) is 1.33. The Hall–Kier alpha value is -2.36. The molecule has 0 bridgehead atoms. The number of nitrogens with zero attached hydrogens (tertiary/aromatic N) is 1. The van der Waals surface area contributed by atoms with Crippen LogP contribution in [0.5, 0.6) is 0 Å². The second kappa shape index (κ2) is 9.21. The Morgan fingerprint density at radius 1 is 1.16 bits per heavy atom. The molecule has 1 aromatic carbocycles. The summed E-state index contributed by atoms with van der Waals surface area (Å²) in [6.07, 6.45) is 2.14. The largest absolute Gasteiger partial charge is 0.469 e. The first-order valence-corrected chi connectivity index (χ1v) is 8.43. The maximum atomic E-state index is 12.6. The molecule has 1 amide bonds. The smallest absolute Gasteiger partial charge is 0.305 e. The molecule has 4 nitrogen and oxygen atoms in total. The fraction of sp³-hybridized carbons (Fsp3) is 0.429. The molecular weight excluding hydrogens is 314 g/mol. The van der Waals surface area contributed by atoms with Crippen molar-refractivity contribution in [3.05, 3.63) is 60.2 Å². The monoisotopic (exact) mass is 343 g/mol. The Morgan fingerprint density at radius 2 is 1.76 bits per heavy atom. The molecule has 0 aliphatic rings. The molecule has 0 fully saturated rings. The number of carbonyl (C=O) groups is 2. The normalized spacial score (nSPS) is 10.9. The fourth-order valence-corrected chi connectivity index (χ4v) is 2.39. The third-order valence-corrected chi connectivity index (χ3v) is 3.99. The summed E-state index contributed by atoms with van der Waals surface area (Å²) in [6.45, 7) is 14.9. The van der Waals surface area contributed by atoms with Gasteiger partial charge in [-0.05, 0) is 23.0 Å². The Balaban J connectivity index is 2.79. The molecule has 0 aliphatic carbocycles. The average Bonchev–Trinajstić information content (AvgIpc) is 2.57. The molecule has 0 saturated carbocycles. The number of amides is 1. The quantitative estimate of drug-likeness (QED) is 0.407. The van der Waals surface area contributed by atoms with Gasteiger partial charge in [-0.25, -0.2) is 0 Å². The zero-order valence-corrected chi connectivity index (χ0v) is 15.8. The van der Waals surface area contributed by atoms with E-state index in [2.05, 4.69) is 50.8 Å². The van der Waals surface area contributed by atoms with E-state index in [4.69, 9.17) is 0 Å². The van der Waals surface area contributed by atoms with E-state index in [1.165, 1.54) is 12.7 Å². The molecule has 0 unspecified atom stereocenters. The zero-order valence-electron chi connectivity index (χ0n) is 15.8. The maximum Gasteiger partial charge on any atom is 0.305 e. The number of carbonyl (C=O) groups excluding carboxylic acids is 2. The van der Waals surface area contributed by atoms with Gasteiger partial charge in [-0.3, -0.25) is 9.59 Å². The first-order chi connectivity index (χ1) is 11.7. The summed E-state index contributed by atoms with van der Waals surface area (Å²) in [4.78, 5) is 25.5. The lowest BCUT2D eigenvalue weighted by molar-refractivity contribution is -0.140. The van der Waals surface area contributed by atoms with Crippen LogP contribution in [0.1, 0.15) is 44.7 Å². The zero-order chi connectivity index (χ0) is 19.0. The van der Waals surface area contributed by atoms with E-state index in [-0.39, 0.29) is 23.7 Å². The highest BCUT2D eigenvalue weighted by Crippen LogP contribution is 2.22. The van der Waals surface area contributed by atoms with Gasteiger partial charge in [-0.2, -0.15) is 0 Å². The number of benzene rings is 1. The van der Waals surface area contributed by atoms with E-state index in [0.717, 1.165) is 5.56 Å². The van der Waals surface area contributed by atoms with Gasteiger partial charge in [0.2, 0.25) is 5.91 Å². The van der Waals surface area contributed by atoms with Crippen molar-refractivity contribution >= 4 is 11.9 Å². The SMILES string of the molecule is C=CCN(Cc1ccc(C(C)(C)C)cc1)C(=O)C(=C)CCC(=O)OC. The highest BCUT2D eigenvalue weighted by molar-refractivity contribution is 5.93. The first-order valence-electron chi connectivity index (χ1n) is 8.43. The van der Waals surface area contributed by atoms with Crippen molar-refractivity contribution in [2.45, 2.75) is 45.6 Å². The third-order valence-electron chi connectivity index (χ3n) is 3.99. The number of ether oxygens (including phenoxy) is 1. The Morgan fingerprint density at radius 3 is 2.24 bits per heavy atom. The van der Waals surface area contributed by atoms with Crippen LogP contribution in [0.4, 0.5) is 0 Å². The average molecular weight is 343 g/mol. The van der Waals surface area contributed by atoms with Gasteiger partial charge in [-0.15, -0.1) is 6.58 Å². The standard InChI is InChI=1S/C21H29NO3/c1-7-14-22(20(24)16(2)8-13-19(23)25-6)15-17-9-11-18(12-10-17)21(3,4)5/h7,9-12H,1-2,8,13-15H2,3-6H3. The minimum absolute atomic E-state index is 0.0946. The molecule has 0 N–H and O–H groups in total. The highest BCUT2D eigenvalue weighted by atomic mass is 16.5. The van der Waals surface area contributed by atoms with Gasteiger partial charge in [0.25, 0.3) is 0 Å². The van der Waals surface area contributed by atoms with Gasteiger partial charge in [0.15, 0.2) is 0 Å². The summed E-state index contributed by atoms with van der Waals surface area (Å²) in [6, 6.07) is 8.28. The number of methoxy groups -OCH3 is 1. The van der Waals surface area contributed by atoms with Gasteiger partial charge >= 0.3 is 5.97 Å². The minimum Gasteiger partial charge on any atom is -0.469 e. The van der Waals surface area contributed by atoms with Crippen LogP contribution in [0.3, 0.4) is 0 Å². The summed E-state index contributed by atoms with van der Waals surface area (Å²) in [5, 5.41) is 0. The van der Waals surface area contributed by atoms with Crippen LogP contribution in [0.15, 0.2) is 49.1 Å². The van der Waals surface area contributed by atoms with E-state index in [1.54, 1.807) is 11.0 Å². The second-order valence-electron chi connectivity index (χ2n) is 7.10. The Labute approximate surface area is 151 Å². The molecule has 0 saturated heterocycles. The van der Waals surface area contributed by atoms with Crippen LogP contribution < -0.4 is 0 Å². The molecule has 1 rings (SSSR count). The molecule has 0 spiro atoms. The molecule has 0 aromatic heterocycles. The van der Waals surface area contributed by atoms with Crippen molar-refractivity contribution in [3.63, 3.8) is 0 Å². The van der Waals surface area contributed by atoms with E-state index < -0.39 is 0 Å². The molecular formula is C21H29NO3. The summed E-state index contributed by atoms with van der Waals surface area (Å²) < 4.78 is 4.60. The van der Waals surface area contributed by atoms with Gasteiger partial charge in [0.1, 0.15) is 0 Å². The number of hydrogen-bond donors (Lipinski definition) is 0. The molecule has 4 heteroatoms. The molecule has 1 aromatic rings. The predicted molar refractivity (Wildman–Crippen MR) is 101 cm³/mol. The Kier molecular flexibility index (Phi) is 7.62. The topological polar surface area (TPSA) is 46.6 Å². The lowest BCUT2D eigenvalue weighted by atomic mass is 9.87. The predicted octanol–water partition coefficient (Wildman–Crippen LogP) is 4.01. The number of esters is 1. The number of hydrogen-bond acceptors (Lipinski definition) is 3. The van der Waals surface area contributed by atoms with Gasteiger partial charge in [-0.1, -0.05) is 57.7 Å². The van der Waals surface area contributed by atoms with Crippen LogP contribution in [0.2, 0.25) is 0 Å². The Bertz CT molecular complexity index is 624. The van der Waals surface area contributed by atoms with Crippen LogP contribution >= 0.6 is 0 Å². The first kappa shape index (κ1) is 20.7. The molecule has 0 heterocycles. The molecule has 136 valence electrons. The van der Waals surface area contributed by atoms with Gasteiger partial charge in [0, 0.05) is 25.1 Å². The number of rotatable bonds is 8. The second-order valence-corrected chi connectivity index (χ2v) is 7.10. The van der Waals surface area contributed by atoms with Crippen LogP contribution in [-0.2, 0) is 26.3 Å². The van der Waals surface area contributed by atoms with Crippen LogP contribution in [0, 0.1) is 0 Å². The van der Waals surface area contributed by atoms with E-state index in [1.807, 2.05) is 12.1 Å². The lowest BCUT2D eigenvalue weighted by Crippen LogP contribution is -2.31. The maximum absolute atomic E-state index is 12.6. The van der Waals surface area contributed by atoms with Crippen molar-refractivity contribution in [1.82, 2.24) is 4.90 Å². The van der Waals surface area contributed by atoms with Crippen molar-refractivity contribution in [3.8, 4) is 0 Å². The molecule has 25 heavy (non-hydrogen) atoms. The van der Waals surface area contributed by atoms with Gasteiger partial charge < -0.3 is 9.64 Å². The van der Waals surface area contributed by atoms with Crippen molar-refractivity contribution in [2.24, 2.45) is 0 Å². The fourth-order valence-electron chi connectivity index (χ4n) is 2.39. The summed E-state index contributed by atoms with van der Waals surface area (Å²) in [5.41, 5.74) is 2.79.